The smallest absolute Gasteiger partial charge is 0.326 e. The fourth-order valence-electron chi connectivity index (χ4n) is 2.26. The van der Waals surface area contributed by atoms with Crippen molar-refractivity contribution in [1.82, 2.24) is 15.5 Å². The van der Waals surface area contributed by atoms with Gasteiger partial charge in [0.25, 0.3) is 0 Å². The second-order valence-corrected chi connectivity index (χ2v) is 5.20. The lowest BCUT2D eigenvalue weighted by Crippen LogP contribution is -2.48. The van der Waals surface area contributed by atoms with E-state index in [0.29, 0.717) is 6.54 Å². The Bertz CT molecular complexity index is 369. The molecule has 0 spiro atoms. The van der Waals surface area contributed by atoms with Crippen LogP contribution in [-0.4, -0.2) is 60.1 Å². The lowest BCUT2D eigenvalue weighted by atomic mass is 10.1. The summed E-state index contributed by atoms with van der Waals surface area (Å²) < 4.78 is 0. The monoisotopic (exact) mass is 300 g/mol. The molecular weight excluding hydrogens is 276 g/mol. The number of piperidine rings is 1. The number of carbonyl (C=O) groups is 3. The van der Waals surface area contributed by atoms with Crippen molar-refractivity contribution in [2.45, 2.75) is 38.1 Å². The van der Waals surface area contributed by atoms with E-state index in [2.05, 4.69) is 15.5 Å². The van der Waals surface area contributed by atoms with Crippen LogP contribution in [0.25, 0.3) is 0 Å². The van der Waals surface area contributed by atoms with Gasteiger partial charge in [0.1, 0.15) is 6.04 Å². The molecule has 0 bridgehead atoms. The number of urea groups is 1. The summed E-state index contributed by atoms with van der Waals surface area (Å²) in [7, 11) is 0. The van der Waals surface area contributed by atoms with Crippen molar-refractivity contribution in [3.8, 4) is 0 Å². The van der Waals surface area contributed by atoms with Crippen LogP contribution in [0.5, 0.6) is 0 Å². The van der Waals surface area contributed by atoms with E-state index >= 15 is 0 Å². The molecule has 1 fully saturated rings. The van der Waals surface area contributed by atoms with E-state index in [-0.39, 0.29) is 12.8 Å². The van der Waals surface area contributed by atoms with Crippen LogP contribution in [0.4, 0.5) is 4.79 Å². The summed E-state index contributed by atoms with van der Waals surface area (Å²) in [5.74, 6) is -1.77. The summed E-state index contributed by atoms with van der Waals surface area (Å²) >= 11 is 0. The molecule has 21 heavy (non-hydrogen) atoms. The van der Waals surface area contributed by atoms with E-state index < -0.39 is 23.9 Å². The third kappa shape index (κ3) is 7.50. The van der Waals surface area contributed by atoms with Gasteiger partial charge >= 0.3 is 12.0 Å². The molecule has 0 aliphatic carbocycles. The average molecular weight is 300 g/mol. The minimum Gasteiger partial charge on any atom is -0.480 e. The molecule has 1 aliphatic heterocycles. The standard InChI is InChI=1S/C13H24N4O4/c14-11(18)5-4-10(12(19)20)16-13(21)15-6-9-17-7-2-1-3-8-17/h10H,1-9H2,(H2,14,18)(H,19,20)(H2,15,16,21). The number of nitrogens with one attached hydrogen (secondary N) is 2. The van der Waals surface area contributed by atoms with Crippen molar-refractivity contribution >= 4 is 17.9 Å². The van der Waals surface area contributed by atoms with Gasteiger partial charge < -0.3 is 26.4 Å². The first kappa shape index (κ1) is 17.2. The molecule has 0 radical (unpaired) electrons. The highest BCUT2D eigenvalue weighted by Crippen LogP contribution is 2.07. The van der Waals surface area contributed by atoms with E-state index in [1.54, 1.807) is 0 Å². The summed E-state index contributed by atoms with van der Waals surface area (Å²) in [5.41, 5.74) is 4.97. The first-order valence-corrected chi connectivity index (χ1v) is 7.27. The van der Waals surface area contributed by atoms with Crippen LogP contribution in [0, 0.1) is 0 Å². The maximum Gasteiger partial charge on any atom is 0.326 e. The van der Waals surface area contributed by atoms with E-state index in [4.69, 9.17) is 10.8 Å². The Morgan fingerprint density at radius 2 is 1.86 bits per heavy atom. The number of carboxylic acids is 1. The highest BCUT2D eigenvalue weighted by atomic mass is 16.4. The topological polar surface area (TPSA) is 125 Å². The number of carbonyl (C=O) groups excluding carboxylic acids is 2. The second-order valence-electron chi connectivity index (χ2n) is 5.20. The largest absolute Gasteiger partial charge is 0.480 e. The predicted molar refractivity (Wildman–Crippen MR) is 76.7 cm³/mol. The van der Waals surface area contributed by atoms with Gasteiger partial charge in [0.05, 0.1) is 0 Å². The van der Waals surface area contributed by atoms with Gasteiger partial charge in [0, 0.05) is 19.5 Å². The molecule has 1 saturated heterocycles. The minimum atomic E-state index is -1.18. The molecule has 1 heterocycles. The van der Waals surface area contributed by atoms with Crippen LogP contribution in [0.2, 0.25) is 0 Å². The third-order valence-electron chi connectivity index (χ3n) is 3.45. The van der Waals surface area contributed by atoms with Crippen LogP contribution >= 0.6 is 0 Å². The van der Waals surface area contributed by atoms with Crippen molar-refractivity contribution in [1.29, 1.82) is 0 Å². The number of nitrogens with zero attached hydrogens (tertiary/aromatic N) is 1. The molecular formula is C13H24N4O4. The molecule has 3 amide bonds. The number of rotatable bonds is 8. The lowest BCUT2D eigenvalue weighted by Gasteiger charge is -2.26. The summed E-state index contributed by atoms with van der Waals surface area (Å²) in [6.07, 6.45) is 3.53. The fourth-order valence-corrected chi connectivity index (χ4v) is 2.26. The van der Waals surface area contributed by atoms with Gasteiger partial charge in [0.2, 0.25) is 5.91 Å². The molecule has 8 heteroatoms. The fraction of sp³-hybridized carbons (Fsp3) is 0.769. The molecule has 0 saturated carbocycles. The first-order valence-electron chi connectivity index (χ1n) is 7.27. The highest BCUT2D eigenvalue weighted by Gasteiger charge is 2.20. The average Bonchev–Trinajstić information content (AvgIpc) is 2.44. The van der Waals surface area contributed by atoms with Crippen molar-refractivity contribution in [3.63, 3.8) is 0 Å². The number of carboxylic acid groups (broad SMARTS) is 1. The number of hydrogen-bond acceptors (Lipinski definition) is 4. The predicted octanol–water partition coefficient (Wildman–Crippen LogP) is -0.510. The molecule has 0 aromatic rings. The number of aliphatic carboxylic acids is 1. The molecule has 0 aromatic heterocycles. The number of amides is 3. The lowest BCUT2D eigenvalue weighted by molar-refractivity contribution is -0.139. The number of likely N-dealkylation sites (tertiary alicyclic amines) is 1. The summed E-state index contributed by atoms with van der Waals surface area (Å²) in [6, 6.07) is -1.64. The van der Waals surface area contributed by atoms with Gasteiger partial charge in [-0.15, -0.1) is 0 Å². The summed E-state index contributed by atoms with van der Waals surface area (Å²) in [4.78, 5) is 35.5. The molecule has 120 valence electrons. The van der Waals surface area contributed by atoms with Crippen molar-refractivity contribution < 1.29 is 19.5 Å². The van der Waals surface area contributed by atoms with Gasteiger partial charge in [0.15, 0.2) is 0 Å². The summed E-state index contributed by atoms with van der Waals surface area (Å²) in [5, 5.41) is 13.9. The van der Waals surface area contributed by atoms with E-state index in [9.17, 15) is 14.4 Å². The summed E-state index contributed by atoms with van der Waals surface area (Å²) in [6.45, 7) is 3.31. The Labute approximate surface area is 124 Å². The molecule has 1 unspecified atom stereocenters. The van der Waals surface area contributed by atoms with Crippen LogP contribution in [-0.2, 0) is 9.59 Å². The van der Waals surface area contributed by atoms with Crippen LogP contribution in [0.3, 0.4) is 0 Å². The van der Waals surface area contributed by atoms with Gasteiger partial charge in [-0.2, -0.15) is 0 Å². The molecule has 0 aromatic carbocycles. The zero-order chi connectivity index (χ0) is 15.7. The highest BCUT2D eigenvalue weighted by molar-refractivity contribution is 5.83. The van der Waals surface area contributed by atoms with Gasteiger partial charge in [-0.05, 0) is 32.4 Å². The van der Waals surface area contributed by atoms with Crippen molar-refractivity contribution in [2.75, 3.05) is 26.2 Å². The number of primary amides is 1. The number of hydrogen-bond donors (Lipinski definition) is 4. The maximum absolute atomic E-state index is 11.6. The Balaban J connectivity index is 2.22. The zero-order valence-electron chi connectivity index (χ0n) is 12.1. The Hall–Kier alpha value is -1.83. The Kier molecular flexibility index (Phi) is 7.52. The normalized spacial score (nSPS) is 17.0. The van der Waals surface area contributed by atoms with Crippen LogP contribution in [0.15, 0.2) is 0 Å². The minimum absolute atomic E-state index is 0.00971. The van der Waals surface area contributed by atoms with Gasteiger partial charge in [-0.25, -0.2) is 9.59 Å². The quantitative estimate of drug-likeness (QED) is 0.480. The maximum atomic E-state index is 11.6. The van der Waals surface area contributed by atoms with Gasteiger partial charge in [-0.3, -0.25) is 4.79 Å². The van der Waals surface area contributed by atoms with Crippen molar-refractivity contribution in [3.05, 3.63) is 0 Å². The Morgan fingerprint density at radius 1 is 1.19 bits per heavy atom. The zero-order valence-corrected chi connectivity index (χ0v) is 12.1. The van der Waals surface area contributed by atoms with E-state index in [0.717, 1.165) is 19.6 Å². The molecule has 1 aliphatic rings. The Morgan fingerprint density at radius 3 is 2.43 bits per heavy atom. The van der Waals surface area contributed by atoms with Crippen LogP contribution in [0.1, 0.15) is 32.1 Å². The molecule has 8 nitrogen and oxygen atoms in total. The third-order valence-corrected chi connectivity index (χ3v) is 3.45. The van der Waals surface area contributed by atoms with Gasteiger partial charge in [-0.1, -0.05) is 6.42 Å². The molecule has 1 atom stereocenters. The van der Waals surface area contributed by atoms with E-state index in [1.165, 1.54) is 19.3 Å². The molecule has 1 rings (SSSR count). The van der Waals surface area contributed by atoms with Crippen molar-refractivity contribution in [2.24, 2.45) is 5.73 Å². The molecule has 5 N–H and O–H groups in total. The van der Waals surface area contributed by atoms with Crippen LogP contribution < -0.4 is 16.4 Å². The SMILES string of the molecule is NC(=O)CCC(NC(=O)NCCN1CCCCC1)C(=O)O. The first-order chi connectivity index (χ1) is 9.99. The second kappa shape index (κ2) is 9.17. The number of nitrogens with two attached hydrogens (primary N) is 1. The van der Waals surface area contributed by atoms with E-state index in [1.807, 2.05) is 0 Å².